The summed E-state index contributed by atoms with van der Waals surface area (Å²) in [6.45, 7) is 0. The van der Waals surface area contributed by atoms with Crippen molar-refractivity contribution < 1.29 is 4.74 Å². The van der Waals surface area contributed by atoms with E-state index in [0.29, 0.717) is 9.84 Å². The number of hydrogen-bond donors (Lipinski definition) is 0. The molecule has 0 aliphatic carbocycles. The lowest BCUT2D eigenvalue weighted by Crippen LogP contribution is -1.99. The lowest BCUT2D eigenvalue weighted by atomic mass is 10.3. The Morgan fingerprint density at radius 1 is 1.29 bits per heavy atom. The van der Waals surface area contributed by atoms with E-state index in [9.17, 15) is 0 Å². The van der Waals surface area contributed by atoms with E-state index < -0.39 is 0 Å². The number of nitrogens with zero attached hydrogens (tertiary/aromatic N) is 3. The monoisotopic (exact) mass is 301 g/mol. The lowest BCUT2D eigenvalue weighted by Gasteiger charge is -2.02. The second-order valence-electron chi connectivity index (χ2n) is 2.61. The highest BCUT2D eigenvalue weighted by Gasteiger charge is 2.08. The van der Waals surface area contributed by atoms with Crippen LogP contribution < -0.4 is 4.74 Å². The van der Waals surface area contributed by atoms with Crippen molar-refractivity contribution in [1.82, 2.24) is 14.8 Å². The SMILES string of the molecule is COc1nc(I)nn1-c1ccccc1. The largest absolute Gasteiger partial charge is 0.467 e. The smallest absolute Gasteiger partial charge is 0.320 e. The van der Waals surface area contributed by atoms with Gasteiger partial charge in [0, 0.05) is 22.6 Å². The van der Waals surface area contributed by atoms with E-state index in [2.05, 4.69) is 32.7 Å². The van der Waals surface area contributed by atoms with Crippen molar-refractivity contribution in [2.24, 2.45) is 0 Å². The first-order valence-electron chi connectivity index (χ1n) is 4.03. The highest BCUT2D eigenvalue weighted by molar-refractivity contribution is 14.1. The van der Waals surface area contributed by atoms with Gasteiger partial charge in [-0.1, -0.05) is 18.2 Å². The zero-order valence-corrected chi connectivity index (χ0v) is 9.67. The van der Waals surface area contributed by atoms with Crippen LogP contribution in [0.5, 0.6) is 6.01 Å². The maximum Gasteiger partial charge on any atom is 0.320 e. The van der Waals surface area contributed by atoms with Gasteiger partial charge in [0.1, 0.15) is 0 Å². The van der Waals surface area contributed by atoms with Crippen LogP contribution in [-0.2, 0) is 0 Å². The molecule has 0 atom stereocenters. The first kappa shape index (κ1) is 9.45. The number of rotatable bonds is 2. The number of aromatic nitrogens is 3. The molecule has 0 saturated heterocycles. The van der Waals surface area contributed by atoms with Crippen molar-refractivity contribution in [3.63, 3.8) is 0 Å². The van der Waals surface area contributed by atoms with Crippen LogP contribution in [0.25, 0.3) is 5.69 Å². The van der Waals surface area contributed by atoms with Crippen molar-refractivity contribution in [3.05, 3.63) is 34.2 Å². The first-order chi connectivity index (χ1) is 6.81. The number of hydrogen-bond acceptors (Lipinski definition) is 3. The van der Waals surface area contributed by atoms with Gasteiger partial charge in [-0.05, 0) is 12.1 Å². The van der Waals surface area contributed by atoms with Crippen LogP contribution in [-0.4, -0.2) is 21.9 Å². The summed E-state index contributed by atoms with van der Waals surface area (Å²) in [5.41, 5.74) is 0.944. The Morgan fingerprint density at radius 3 is 2.64 bits per heavy atom. The van der Waals surface area contributed by atoms with Crippen molar-refractivity contribution >= 4 is 22.6 Å². The van der Waals surface area contributed by atoms with Crippen molar-refractivity contribution in [1.29, 1.82) is 0 Å². The van der Waals surface area contributed by atoms with Gasteiger partial charge in [-0.2, -0.15) is 9.67 Å². The highest BCUT2D eigenvalue weighted by Crippen LogP contribution is 2.15. The Bertz CT molecular complexity index is 427. The van der Waals surface area contributed by atoms with Gasteiger partial charge in [0.25, 0.3) is 0 Å². The summed E-state index contributed by atoms with van der Waals surface area (Å²) < 4.78 is 7.44. The summed E-state index contributed by atoms with van der Waals surface area (Å²) in [5, 5.41) is 4.22. The third-order valence-corrected chi connectivity index (χ3v) is 2.19. The fourth-order valence-corrected chi connectivity index (χ4v) is 1.57. The van der Waals surface area contributed by atoms with E-state index in [0.717, 1.165) is 5.69 Å². The molecule has 2 rings (SSSR count). The third-order valence-electron chi connectivity index (χ3n) is 1.73. The van der Waals surface area contributed by atoms with Crippen LogP contribution in [0.4, 0.5) is 0 Å². The van der Waals surface area contributed by atoms with Crippen LogP contribution in [0.2, 0.25) is 0 Å². The maximum atomic E-state index is 5.11. The quantitative estimate of drug-likeness (QED) is 0.795. The summed E-state index contributed by atoms with van der Waals surface area (Å²) in [4.78, 5) is 4.12. The molecule has 0 saturated carbocycles. The zero-order chi connectivity index (χ0) is 9.97. The molecule has 0 aliphatic heterocycles. The zero-order valence-electron chi connectivity index (χ0n) is 7.51. The average molecular weight is 301 g/mol. The van der Waals surface area contributed by atoms with Crippen LogP contribution in [0.1, 0.15) is 0 Å². The summed E-state index contributed by atoms with van der Waals surface area (Å²) in [7, 11) is 1.58. The fourth-order valence-electron chi connectivity index (χ4n) is 1.14. The molecule has 0 radical (unpaired) electrons. The van der Waals surface area contributed by atoms with E-state index in [-0.39, 0.29) is 0 Å². The van der Waals surface area contributed by atoms with Crippen LogP contribution in [0, 0.1) is 3.83 Å². The number of ether oxygens (including phenoxy) is 1. The molecule has 0 bridgehead atoms. The molecular formula is C9H8IN3O. The minimum Gasteiger partial charge on any atom is -0.467 e. The molecule has 0 amide bonds. The van der Waals surface area contributed by atoms with Gasteiger partial charge in [0.15, 0.2) is 0 Å². The van der Waals surface area contributed by atoms with Gasteiger partial charge < -0.3 is 4.74 Å². The first-order valence-corrected chi connectivity index (χ1v) is 5.11. The number of para-hydroxylation sites is 1. The molecule has 1 aromatic heterocycles. The minimum atomic E-state index is 0.501. The van der Waals surface area contributed by atoms with E-state index in [1.165, 1.54) is 0 Å². The fraction of sp³-hybridized carbons (Fsp3) is 0.111. The van der Waals surface area contributed by atoms with Gasteiger partial charge >= 0.3 is 6.01 Å². The predicted octanol–water partition coefficient (Wildman–Crippen LogP) is 1.88. The molecule has 5 heteroatoms. The van der Waals surface area contributed by atoms with Crippen molar-refractivity contribution in [3.8, 4) is 11.7 Å². The summed E-state index contributed by atoms with van der Waals surface area (Å²) in [5.74, 6) is 0. The van der Waals surface area contributed by atoms with Crippen molar-refractivity contribution in [2.75, 3.05) is 7.11 Å². The molecule has 4 nitrogen and oxygen atoms in total. The number of halogens is 1. The Labute approximate surface area is 95.1 Å². The second kappa shape index (κ2) is 3.95. The Morgan fingerprint density at radius 2 is 2.00 bits per heavy atom. The highest BCUT2D eigenvalue weighted by atomic mass is 127. The Balaban J connectivity index is 2.51. The van der Waals surface area contributed by atoms with Crippen molar-refractivity contribution in [2.45, 2.75) is 0 Å². The minimum absolute atomic E-state index is 0.501. The summed E-state index contributed by atoms with van der Waals surface area (Å²) >= 11 is 2.05. The molecule has 0 unspecified atom stereocenters. The van der Waals surface area contributed by atoms with Crippen LogP contribution in [0.15, 0.2) is 30.3 Å². The second-order valence-corrected chi connectivity index (χ2v) is 3.58. The standard InChI is InChI=1S/C9H8IN3O/c1-14-9-11-8(10)12-13(9)7-5-3-2-4-6-7/h2-6H,1H3. The molecule has 1 aromatic carbocycles. The van der Waals surface area contributed by atoms with Gasteiger partial charge in [-0.25, -0.2) is 0 Å². The molecule has 0 fully saturated rings. The molecule has 0 spiro atoms. The number of methoxy groups -OCH3 is 1. The number of benzene rings is 1. The molecule has 0 N–H and O–H groups in total. The van der Waals surface area contributed by atoms with Crippen LogP contribution in [0.3, 0.4) is 0 Å². The summed E-state index contributed by atoms with van der Waals surface area (Å²) in [6.07, 6.45) is 0. The van der Waals surface area contributed by atoms with Crippen LogP contribution >= 0.6 is 22.6 Å². The van der Waals surface area contributed by atoms with Gasteiger partial charge in [-0.3, -0.25) is 0 Å². The van der Waals surface area contributed by atoms with Gasteiger partial charge in [0.2, 0.25) is 3.83 Å². The van der Waals surface area contributed by atoms with E-state index in [1.807, 2.05) is 30.3 Å². The maximum absolute atomic E-state index is 5.11. The lowest BCUT2D eigenvalue weighted by molar-refractivity contribution is 0.368. The molecule has 0 aliphatic rings. The molecule has 14 heavy (non-hydrogen) atoms. The molecular weight excluding hydrogens is 293 g/mol. The van der Waals surface area contributed by atoms with Gasteiger partial charge in [-0.15, -0.1) is 5.10 Å². The van der Waals surface area contributed by atoms with E-state index in [4.69, 9.17) is 4.74 Å². The van der Waals surface area contributed by atoms with E-state index >= 15 is 0 Å². The average Bonchev–Trinajstić information content (AvgIpc) is 2.61. The van der Waals surface area contributed by atoms with E-state index in [1.54, 1.807) is 11.8 Å². The predicted molar refractivity (Wildman–Crippen MR) is 60.6 cm³/mol. The topological polar surface area (TPSA) is 39.9 Å². The molecule has 2 aromatic rings. The Kier molecular flexibility index (Phi) is 2.67. The third kappa shape index (κ3) is 1.72. The molecule has 72 valence electrons. The Hall–Kier alpha value is -1.11. The summed E-state index contributed by atoms with van der Waals surface area (Å²) in [6, 6.07) is 10.3. The van der Waals surface area contributed by atoms with Gasteiger partial charge in [0.05, 0.1) is 12.8 Å². The molecule has 1 heterocycles. The normalized spacial score (nSPS) is 10.1.